The summed E-state index contributed by atoms with van der Waals surface area (Å²) in [6, 6.07) is 4.28. The van der Waals surface area contributed by atoms with Crippen LogP contribution in [0.3, 0.4) is 0 Å². The van der Waals surface area contributed by atoms with Crippen molar-refractivity contribution < 1.29 is 18.7 Å². The van der Waals surface area contributed by atoms with Crippen molar-refractivity contribution in [2.45, 2.75) is 13.3 Å². The molecule has 116 valence electrons. The molecule has 1 aromatic carbocycles. The number of nitrogens with one attached hydrogen (secondary N) is 1. The van der Waals surface area contributed by atoms with E-state index in [1.54, 1.807) is 26.2 Å². The third-order valence-corrected chi connectivity index (χ3v) is 2.99. The highest BCUT2D eigenvalue weighted by Crippen LogP contribution is 2.10. The molecule has 0 saturated heterocycles. The molecule has 5 nitrogen and oxygen atoms in total. The van der Waals surface area contributed by atoms with Gasteiger partial charge in [0.15, 0.2) is 0 Å². The molecule has 0 aliphatic rings. The molecule has 0 unspecified atom stereocenters. The van der Waals surface area contributed by atoms with Crippen LogP contribution in [0.2, 0.25) is 0 Å². The van der Waals surface area contributed by atoms with E-state index in [-0.39, 0.29) is 23.9 Å². The van der Waals surface area contributed by atoms with Gasteiger partial charge in [0.1, 0.15) is 5.82 Å². The van der Waals surface area contributed by atoms with Crippen LogP contribution in [0.25, 0.3) is 0 Å². The molecule has 0 spiro atoms. The summed E-state index contributed by atoms with van der Waals surface area (Å²) in [5.74, 6) is -1.08. The third-order valence-electron chi connectivity index (χ3n) is 2.99. The first-order valence-corrected chi connectivity index (χ1v) is 6.73. The van der Waals surface area contributed by atoms with E-state index in [1.165, 1.54) is 18.0 Å². The Morgan fingerprint density at radius 2 is 2.10 bits per heavy atom. The van der Waals surface area contributed by atoms with Gasteiger partial charge in [0.25, 0.3) is 5.91 Å². The van der Waals surface area contributed by atoms with Crippen LogP contribution in [0.5, 0.6) is 0 Å². The minimum atomic E-state index is -0.432. The maximum Gasteiger partial charge on any atom is 0.254 e. The zero-order chi connectivity index (χ0) is 15.8. The number of hydrogen-bond donors (Lipinski definition) is 1. The molecule has 1 rings (SSSR count). The molecule has 6 heteroatoms. The molecule has 0 fully saturated rings. The van der Waals surface area contributed by atoms with Crippen LogP contribution in [0.1, 0.15) is 22.3 Å². The van der Waals surface area contributed by atoms with Crippen molar-refractivity contribution in [3.63, 3.8) is 0 Å². The smallest absolute Gasteiger partial charge is 0.254 e. The third kappa shape index (κ3) is 5.51. The number of halogens is 1. The molecule has 1 aromatic rings. The largest absolute Gasteiger partial charge is 0.385 e. The SMILES string of the molecule is COCCCNC(=O)CN(C)C(=O)c1ccc(C)c(F)c1. The van der Waals surface area contributed by atoms with Gasteiger partial charge < -0.3 is 15.0 Å². The van der Waals surface area contributed by atoms with Crippen LogP contribution in [-0.4, -0.2) is 50.6 Å². The lowest BCUT2D eigenvalue weighted by Crippen LogP contribution is -2.38. The summed E-state index contributed by atoms with van der Waals surface area (Å²) >= 11 is 0. The van der Waals surface area contributed by atoms with E-state index in [2.05, 4.69) is 5.32 Å². The van der Waals surface area contributed by atoms with Crippen LogP contribution in [0.15, 0.2) is 18.2 Å². The van der Waals surface area contributed by atoms with Crippen LogP contribution in [-0.2, 0) is 9.53 Å². The average molecular weight is 296 g/mol. The molecule has 0 saturated carbocycles. The Balaban J connectivity index is 2.50. The average Bonchev–Trinajstić information content (AvgIpc) is 2.45. The van der Waals surface area contributed by atoms with E-state index < -0.39 is 5.82 Å². The van der Waals surface area contributed by atoms with E-state index in [1.807, 2.05) is 0 Å². The van der Waals surface area contributed by atoms with Crippen molar-refractivity contribution in [3.8, 4) is 0 Å². The van der Waals surface area contributed by atoms with Crippen LogP contribution >= 0.6 is 0 Å². The number of methoxy groups -OCH3 is 1. The lowest BCUT2D eigenvalue weighted by Gasteiger charge is -2.17. The molecule has 0 aliphatic carbocycles. The second-order valence-corrected chi connectivity index (χ2v) is 4.82. The van der Waals surface area contributed by atoms with Crippen molar-refractivity contribution in [1.29, 1.82) is 0 Å². The lowest BCUT2D eigenvalue weighted by molar-refractivity contribution is -0.121. The number of rotatable bonds is 7. The first kappa shape index (κ1) is 17.1. The number of aryl methyl sites for hydroxylation is 1. The Hall–Kier alpha value is -1.95. The predicted octanol–water partition coefficient (Wildman–Crippen LogP) is 1.36. The number of nitrogens with zero attached hydrogens (tertiary/aromatic N) is 1. The Kier molecular flexibility index (Phi) is 6.81. The van der Waals surface area contributed by atoms with Gasteiger partial charge in [0.2, 0.25) is 5.91 Å². The fourth-order valence-corrected chi connectivity index (χ4v) is 1.73. The van der Waals surface area contributed by atoms with Gasteiger partial charge in [-0.05, 0) is 31.0 Å². The van der Waals surface area contributed by atoms with Crippen LogP contribution in [0, 0.1) is 12.7 Å². The number of likely N-dealkylation sites (N-methyl/N-ethyl adjacent to an activating group) is 1. The second-order valence-electron chi connectivity index (χ2n) is 4.82. The highest BCUT2D eigenvalue weighted by Gasteiger charge is 2.15. The van der Waals surface area contributed by atoms with Crippen LogP contribution in [0.4, 0.5) is 4.39 Å². The monoisotopic (exact) mass is 296 g/mol. The van der Waals surface area contributed by atoms with Gasteiger partial charge in [-0.15, -0.1) is 0 Å². The summed E-state index contributed by atoms with van der Waals surface area (Å²) in [6.07, 6.45) is 0.711. The molecule has 0 aromatic heterocycles. The van der Waals surface area contributed by atoms with Crippen molar-refractivity contribution in [3.05, 3.63) is 35.1 Å². The Labute approximate surface area is 124 Å². The van der Waals surface area contributed by atoms with Gasteiger partial charge in [0.05, 0.1) is 6.54 Å². The van der Waals surface area contributed by atoms with Crippen molar-refractivity contribution >= 4 is 11.8 Å². The highest BCUT2D eigenvalue weighted by atomic mass is 19.1. The minimum absolute atomic E-state index is 0.0681. The summed E-state index contributed by atoms with van der Waals surface area (Å²) in [5.41, 5.74) is 0.706. The normalized spacial score (nSPS) is 10.3. The number of carbonyl (C=O) groups is 2. The van der Waals surface area contributed by atoms with Gasteiger partial charge in [-0.2, -0.15) is 0 Å². The van der Waals surface area contributed by atoms with Gasteiger partial charge in [-0.25, -0.2) is 4.39 Å². The Bertz CT molecular complexity index is 506. The summed E-state index contributed by atoms with van der Waals surface area (Å²) in [5, 5.41) is 2.69. The predicted molar refractivity (Wildman–Crippen MR) is 77.6 cm³/mol. The van der Waals surface area contributed by atoms with E-state index in [9.17, 15) is 14.0 Å². The molecule has 0 aliphatic heterocycles. The van der Waals surface area contributed by atoms with Gasteiger partial charge >= 0.3 is 0 Å². The van der Waals surface area contributed by atoms with Gasteiger partial charge in [-0.1, -0.05) is 6.07 Å². The van der Waals surface area contributed by atoms with Gasteiger partial charge in [0, 0.05) is 32.9 Å². The molecular formula is C15H21FN2O3. The molecule has 1 N–H and O–H groups in total. The highest BCUT2D eigenvalue weighted by molar-refractivity contribution is 5.96. The molecule has 0 heterocycles. The standard InChI is InChI=1S/C15H21FN2O3/c1-11-5-6-12(9-13(11)16)15(20)18(2)10-14(19)17-7-4-8-21-3/h5-6,9H,4,7-8,10H2,1-3H3,(H,17,19). The lowest BCUT2D eigenvalue weighted by atomic mass is 10.1. The number of ether oxygens (including phenoxy) is 1. The summed E-state index contributed by atoms with van der Waals surface area (Å²) < 4.78 is 18.3. The zero-order valence-electron chi connectivity index (χ0n) is 12.6. The van der Waals surface area contributed by atoms with E-state index in [0.717, 1.165) is 0 Å². The topological polar surface area (TPSA) is 58.6 Å². The number of amides is 2. The van der Waals surface area contributed by atoms with Crippen molar-refractivity contribution in [2.24, 2.45) is 0 Å². The van der Waals surface area contributed by atoms with Crippen molar-refractivity contribution in [1.82, 2.24) is 10.2 Å². The Morgan fingerprint density at radius 3 is 2.71 bits per heavy atom. The molecular weight excluding hydrogens is 275 g/mol. The maximum atomic E-state index is 13.4. The van der Waals surface area contributed by atoms with Crippen LogP contribution < -0.4 is 5.32 Å². The van der Waals surface area contributed by atoms with E-state index >= 15 is 0 Å². The molecule has 0 bridgehead atoms. The molecule has 0 radical (unpaired) electrons. The fourth-order valence-electron chi connectivity index (χ4n) is 1.73. The quantitative estimate of drug-likeness (QED) is 0.773. The molecule has 0 atom stereocenters. The van der Waals surface area contributed by atoms with Gasteiger partial charge in [-0.3, -0.25) is 9.59 Å². The first-order valence-electron chi connectivity index (χ1n) is 6.73. The summed E-state index contributed by atoms with van der Waals surface area (Å²) in [6.45, 7) is 2.62. The zero-order valence-corrected chi connectivity index (χ0v) is 12.6. The fraction of sp³-hybridized carbons (Fsp3) is 0.467. The molecule has 2 amide bonds. The first-order chi connectivity index (χ1) is 9.95. The summed E-state index contributed by atoms with van der Waals surface area (Å²) in [4.78, 5) is 25.0. The second kappa shape index (κ2) is 8.36. The summed E-state index contributed by atoms with van der Waals surface area (Å²) in [7, 11) is 3.10. The van der Waals surface area contributed by atoms with E-state index in [0.29, 0.717) is 25.1 Å². The minimum Gasteiger partial charge on any atom is -0.385 e. The number of benzene rings is 1. The number of hydrogen-bond acceptors (Lipinski definition) is 3. The maximum absolute atomic E-state index is 13.4. The number of carbonyl (C=O) groups excluding carboxylic acids is 2. The van der Waals surface area contributed by atoms with E-state index in [4.69, 9.17) is 4.74 Å². The molecule has 21 heavy (non-hydrogen) atoms. The van der Waals surface area contributed by atoms with Crippen molar-refractivity contribution in [2.75, 3.05) is 33.9 Å². The Morgan fingerprint density at radius 1 is 1.38 bits per heavy atom.